The van der Waals surface area contributed by atoms with Crippen molar-refractivity contribution in [2.24, 2.45) is 7.05 Å². The third kappa shape index (κ3) is 2.81. The molecule has 0 unspecified atom stereocenters. The van der Waals surface area contributed by atoms with Gasteiger partial charge in [0.25, 0.3) is 0 Å². The van der Waals surface area contributed by atoms with Crippen LogP contribution in [0.2, 0.25) is 0 Å². The molecule has 3 aromatic carbocycles. The first-order chi connectivity index (χ1) is 10.7. The van der Waals surface area contributed by atoms with Crippen molar-refractivity contribution in [3.63, 3.8) is 0 Å². The van der Waals surface area contributed by atoms with Crippen LogP contribution in [-0.4, -0.2) is 0 Å². The maximum atomic E-state index is 13.9. The molecular formula is C20H15FIN. The number of hydrogen-bond acceptors (Lipinski definition) is 0. The molecule has 4 rings (SSSR count). The molecule has 3 heteroatoms. The van der Waals surface area contributed by atoms with Crippen molar-refractivity contribution in [1.82, 2.24) is 0 Å². The highest BCUT2D eigenvalue weighted by atomic mass is 127. The summed E-state index contributed by atoms with van der Waals surface area (Å²) in [5.41, 5.74) is 1.99. The van der Waals surface area contributed by atoms with E-state index in [0.29, 0.717) is 0 Å². The molecule has 0 amide bonds. The number of rotatable bonds is 1. The predicted octanol–water partition coefficient (Wildman–Crippen LogP) is 1.63. The minimum atomic E-state index is -0.225. The molecule has 0 bridgehead atoms. The number of aryl methyl sites for hydroxylation is 1. The highest BCUT2D eigenvalue weighted by molar-refractivity contribution is 6.12. The summed E-state index contributed by atoms with van der Waals surface area (Å²) in [5.74, 6) is -0.225. The molecule has 0 saturated carbocycles. The fraction of sp³-hybridized carbons (Fsp3) is 0.0500. The minimum absolute atomic E-state index is 0. The second kappa shape index (κ2) is 6.24. The molecule has 0 atom stereocenters. The van der Waals surface area contributed by atoms with Crippen LogP contribution in [0.15, 0.2) is 73.1 Å². The van der Waals surface area contributed by atoms with Crippen LogP contribution in [0.4, 0.5) is 4.39 Å². The number of benzene rings is 3. The summed E-state index contributed by atoms with van der Waals surface area (Å²) in [6.45, 7) is 0. The van der Waals surface area contributed by atoms with Gasteiger partial charge in [0.15, 0.2) is 12.0 Å². The molecule has 23 heavy (non-hydrogen) atoms. The van der Waals surface area contributed by atoms with Crippen molar-refractivity contribution in [3.05, 3.63) is 78.9 Å². The van der Waals surface area contributed by atoms with Crippen LogP contribution < -0.4 is 28.5 Å². The van der Waals surface area contributed by atoms with Crippen molar-refractivity contribution in [2.45, 2.75) is 0 Å². The lowest BCUT2D eigenvalue weighted by Crippen LogP contribution is -3.00. The maximum Gasteiger partial charge on any atom is 0.204 e. The topological polar surface area (TPSA) is 3.88 Å². The molecule has 0 spiro atoms. The largest absolute Gasteiger partial charge is 1.00 e. The van der Waals surface area contributed by atoms with E-state index in [9.17, 15) is 4.39 Å². The maximum absolute atomic E-state index is 13.9. The molecule has 4 aromatic rings. The van der Waals surface area contributed by atoms with Crippen LogP contribution in [0.25, 0.3) is 32.7 Å². The van der Waals surface area contributed by atoms with Crippen LogP contribution in [0.1, 0.15) is 0 Å². The molecule has 1 heterocycles. The first-order valence-electron chi connectivity index (χ1n) is 7.29. The molecule has 0 aliphatic carbocycles. The highest BCUT2D eigenvalue weighted by Crippen LogP contribution is 2.35. The molecule has 0 saturated heterocycles. The van der Waals surface area contributed by atoms with Gasteiger partial charge < -0.3 is 24.0 Å². The zero-order chi connectivity index (χ0) is 15.1. The summed E-state index contributed by atoms with van der Waals surface area (Å²) in [4.78, 5) is 0. The van der Waals surface area contributed by atoms with Crippen molar-refractivity contribution in [3.8, 4) is 11.1 Å². The minimum Gasteiger partial charge on any atom is -1.00 e. The lowest BCUT2D eigenvalue weighted by atomic mass is 9.93. The quantitative estimate of drug-likeness (QED) is 0.253. The van der Waals surface area contributed by atoms with E-state index in [1.807, 2.05) is 37.5 Å². The van der Waals surface area contributed by atoms with Crippen molar-refractivity contribution in [1.29, 1.82) is 0 Å². The number of halogens is 2. The number of pyridine rings is 1. The Morgan fingerprint density at radius 2 is 1.35 bits per heavy atom. The summed E-state index contributed by atoms with van der Waals surface area (Å²) in [7, 11) is 1.85. The summed E-state index contributed by atoms with van der Waals surface area (Å²) >= 11 is 0. The number of nitrogens with zero attached hydrogens (tertiary/aromatic N) is 1. The van der Waals surface area contributed by atoms with Crippen LogP contribution in [0.5, 0.6) is 0 Å². The predicted molar refractivity (Wildman–Crippen MR) is 88.0 cm³/mol. The molecule has 0 fully saturated rings. The molecule has 114 valence electrons. The number of aromatic nitrogens is 1. The summed E-state index contributed by atoms with van der Waals surface area (Å²) in [6, 6.07) is 20.3. The van der Waals surface area contributed by atoms with Gasteiger partial charge in [0.05, 0.1) is 0 Å². The van der Waals surface area contributed by atoms with Crippen molar-refractivity contribution < 1.29 is 32.9 Å². The van der Waals surface area contributed by atoms with Crippen molar-refractivity contribution in [2.75, 3.05) is 0 Å². The van der Waals surface area contributed by atoms with Gasteiger partial charge in [-0.1, -0.05) is 48.5 Å². The van der Waals surface area contributed by atoms with E-state index in [-0.39, 0.29) is 29.8 Å². The zero-order valence-corrected chi connectivity index (χ0v) is 14.8. The van der Waals surface area contributed by atoms with Crippen LogP contribution in [0.3, 0.4) is 0 Å². The van der Waals surface area contributed by atoms with E-state index in [4.69, 9.17) is 0 Å². The Morgan fingerprint density at radius 1 is 0.783 bits per heavy atom. The van der Waals surface area contributed by atoms with E-state index in [2.05, 4.69) is 30.3 Å². The van der Waals surface area contributed by atoms with Crippen LogP contribution >= 0.6 is 0 Å². The van der Waals surface area contributed by atoms with Gasteiger partial charge in [-0.15, -0.1) is 0 Å². The first kappa shape index (κ1) is 15.9. The van der Waals surface area contributed by atoms with Gasteiger partial charge in [0, 0.05) is 11.1 Å². The monoisotopic (exact) mass is 415 g/mol. The molecule has 0 N–H and O–H groups in total. The van der Waals surface area contributed by atoms with E-state index < -0.39 is 0 Å². The standard InChI is InChI=1S/C20H15FN.HI/c1-22-12-16(11-17(21)13-22)20-18-8-4-2-6-14(18)10-15-7-3-5-9-19(15)20;/h2-13H,1H3;1H/q+1;/p-1. The highest BCUT2D eigenvalue weighted by Gasteiger charge is 2.13. The molecule has 0 radical (unpaired) electrons. The van der Waals surface area contributed by atoms with Crippen LogP contribution in [-0.2, 0) is 7.05 Å². The summed E-state index contributed by atoms with van der Waals surface area (Å²) < 4.78 is 15.7. The third-order valence-electron chi connectivity index (χ3n) is 4.02. The average molecular weight is 415 g/mol. The van der Waals surface area contributed by atoms with Crippen molar-refractivity contribution >= 4 is 21.5 Å². The van der Waals surface area contributed by atoms with E-state index >= 15 is 0 Å². The van der Waals surface area contributed by atoms with Gasteiger partial charge in [0.1, 0.15) is 7.05 Å². The van der Waals surface area contributed by atoms with E-state index in [0.717, 1.165) is 21.9 Å². The Hall–Kier alpha value is -2.01. The second-order valence-electron chi connectivity index (χ2n) is 5.60. The van der Waals surface area contributed by atoms with Crippen LogP contribution in [0, 0.1) is 5.82 Å². The lowest BCUT2D eigenvalue weighted by molar-refractivity contribution is -0.672. The molecule has 1 nitrogen and oxygen atoms in total. The molecule has 0 aliphatic rings. The van der Waals surface area contributed by atoms with Gasteiger partial charge in [-0.05, 0) is 33.7 Å². The van der Waals surface area contributed by atoms with E-state index in [1.54, 1.807) is 10.6 Å². The normalized spacial score (nSPS) is 10.7. The Balaban J connectivity index is 0.00000156. The Bertz CT molecular complexity index is 936. The summed E-state index contributed by atoms with van der Waals surface area (Å²) in [5, 5.41) is 4.63. The Labute approximate surface area is 151 Å². The fourth-order valence-corrected chi connectivity index (χ4v) is 3.14. The smallest absolute Gasteiger partial charge is 0.204 e. The molecule has 0 aliphatic heterocycles. The zero-order valence-electron chi connectivity index (χ0n) is 12.6. The number of hydrogen-bond donors (Lipinski definition) is 0. The first-order valence-corrected chi connectivity index (χ1v) is 7.29. The average Bonchev–Trinajstić information content (AvgIpc) is 2.51. The fourth-order valence-electron chi connectivity index (χ4n) is 3.14. The lowest BCUT2D eigenvalue weighted by Gasteiger charge is -2.11. The Kier molecular flexibility index (Phi) is 4.31. The molecular weight excluding hydrogens is 400 g/mol. The SMILES string of the molecule is C[n+]1cc(F)cc(-c2c3ccccc3cc3ccccc23)c1.[I-]. The summed E-state index contributed by atoms with van der Waals surface area (Å²) in [6.07, 6.45) is 3.45. The van der Waals surface area contributed by atoms with Gasteiger partial charge in [0.2, 0.25) is 6.20 Å². The second-order valence-corrected chi connectivity index (χ2v) is 5.60. The molecule has 1 aromatic heterocycles. The van der Waals surface area contributed by atoms with Gasteiger partial charge in [-0.2, -0.15) is 0 Å². The Morgan fingerprint density at radius 3 is 1.91 bits per heavy atom. The van der Waals surface area contributed by atoms with Gasteiger partial charge in [-0.25, -0.2) is 8.96 Å². The third-order valence-corrected chi connectivity index (χ3v) is 4.02. The van der Waals surface area contributed by atoms with Gasteiger partial charge >= 0.3 is 0 Å². The van der Waals surface area contributed by atoms with Gasteiger partial charge in [-0.3, -0.25) is 0 Å². The van der Waals surface area contributed by atoms with E-state index in [1.165, 1.54) is 17.0 Å². The number of fused-ring (bicyclic) bond motifs is 2.